The molecule has 12 heteroatoms. The molecule has 4 aromatic rings. The lowest BCUT2D eigenvalue weighted by Crippen LogP contribution is -2.53. The number of benzene rings is 4. The van der Waals surface area contributed by atoms with Crippen LogP contribution < -0.4 is 15.1 Å². The van der Waals surface area contributed by atoms with Crippen LogP contribution in [-0.2, 0) is 24.6 Å². The minimum Gasteiger partial charge on any atom is -0.504 e. The molecule has 2 aliphatic carbocycles. The Balaban J connectivity index is 1.33. The van der Waals surface area contributed by atoms with Gasteiger partial charge in [-0.1, -0.05) is 53.1 Å². The van der Waals surface area contributed by atoms with Crippen molar-refractivity contribution in [1.82, 2.24) is 5.01 Å². The molecule has 6 unspecified atom stereocenters. The minimum atomic E-state index is -1.56. The number of imide groups is 2. The average molecular weight is 741 g/mol. The Kier molecular flexibility index (Phi) is 8.34. The van der Waals surface area contributed by atoms with Crippen molar-refractivity contribution >= 4 is 58.2 Å². The van der Waals surface area contributed by atoms with E-state index >= 15 is 4.79 Å². The van der Waals surface area contributed by atoms with Gasteiger partial charge in [-0.25, -0.2) is 4.39 Å². The first-order valence-corrected chi connectivity index (χ1v) is 17.8. The molecule has 2 saturated heterocycles. The maximum absolute atomic E-state index is 15.3. The van der Waals surface area contributed by atoms with Crippen molar-refractivity contribution < 1.29 is 33.4 Å². The fourth-order valence-corrected chi connectivity index (χ4v) is 9.11. The Morgan fingerprint density at radius 1 is 0.865 bits per heavy atom. The standard InChI is InChI=1S/C40H32Cl2FN3O6/c1-2-52-33-19-21(3-18-32(33)47)35-28-16-17-29-34(38(50)45(36(29)48)27-14-8-24(42)9-15-27)30(28)20-31-37(49)46(44-26-12-10-25(43)11-13-26)39(51)40(31,35)22-4-6-23(41)7-5-22/h3-16,18-19,29-31,34-35,44,47H,2,17,20H2,1H3. The van der Waals surface area contributed by atoms with Gasteiger partial charge in [0, 0.05) is 16.0 Å². The largest absolute Gasteiger partial charge is 0.504 e. The number of carbonyl (C=O) groups is 4. The third-order valence-electron chi connectivity index (χ3n) is 11.0. The lowest BCUT2D eigenvalue weighted by molar-refractivity contribution is -0.138. The van der Waals surface area contributed by atoms with Crippen molar-refractivity contribution in [2.24, 2.45) is 23.7 Å². The summed E-state index contributed by atoms with van der Waals surface area (Å²) >= 11 is 12.5. The molecule has 4 aliphatic rings. The number of aromatic hydroxyl groups is 1. The van der Waals surface area contributed by atoms with Crippen LogP contribution in [0.4, 0.5) is 15.8 Å². The van der Waals surface area contributed by atoms with E-state index in [1.165, 1.54) is 35.2 Å². The summed E-state index contributed by atoms with van der Waals surface area (Å²) < 4.78 is 19.7. The number of amides is 4. The predicted octanol–water partition coefficient (Wildman–Crippen LogP) is 7.43. The Bertz CT molecular complexity index is 2160. The molecule has 2 N–H and O–H groups in total. The Labute approximate surface area is 308 Å². The van der Waals surface area contributed by atoms with Crippen LogP contribution in [-0.4, -0.2) is 40.4 Å². The zero-order chi connectivity index (χ0) is 36.5. The van der Waals surface area contributed by atoms with E-state index in [9.17, 15) is 23.9 Å². The molecule has 3 fully saturated rings. The number of nitrogens with zero attached hydrogens (tertiary/aromatic N) is 2. The number of fused-ring (bicyclic) bond motifs is 4. The molecule has 52 heavy (non-hydrogen) atoms. The van der Waals surface area contributed by atoms with Crippen molar-refractivity contribution in [2.75, 3.05) is 16.9 Å². The Morgan fingerprint density at radius 2 is 1.54 bits per heavy atom. The number of carbonyl (C=O) groups excluding carboxylic acids is 4. The van der Waals surface area contributed by atoms with Gasteiger partial charge < -0.3 is 9.84 Å². The van der Waals surface area contributed by atoms with Crippen LogP contribution in [0.1, 0.15) is 36.8 Å². The van der Waals surface area contributed by atoms with E-state index in [1.807, 2.05) is 6.08 Å². The smallest absolute Gasteiger partial charge is 0.260 e. The first kappa shape index (κ1) is 33.9. The van der Waals surface area contributed by atoms with E-state index in [0.717, 1.165) is 10.6 Å². The number of ether oxygens (including phenoxy) is 1. The zero-order valence-electron chi connectivity index (χ0n) is 27.8. The number of hydrazine groups is 1. The van der Waals surface area contributed by atoms with Gasteiger partial charge in [0.15, 0.2) is 11.5 Å². The Hall–Kier alpha value is -5.19. The number of allylic oxidation sites excluding steroid dienone is 2. The number of phenols is 1. The van der Waals surface area contributed by atoms with Gasteiger partial charge in [-0.3, -0.25) is 29.5 Å². The molecular weight excluding hydrogens is 708 g/mol. The number of anilines is 2. The molecule has 264 valence electrons. The highest BCUT2D eigenvalue weighted by molar-refractivity contribution is 6.31. The first-order chi connectivity index (χ1) is 25.0. The van der Waals surface area contributed by atoms with Gasteiger partial charge in [0.25, 0.3) is 11.8 Å². The highest BCUT2D eigenvalue weighted by Crippen LogP contribution is 2.64. The number of nitrogens with one attached hydrogen (secondary N) is 1. The van der Waals surface area contributed by atoms with E-state index in [-0.39, 0.29) is 42.8 Å². The molecule has 2 heterocycles. The predicted molar refractivity (Wildman–Crippen MR) is 192 cm³/mol. The van der Waals surface area contributed by atoms with Gasteiger partial charge >= 0.3 is 0 Å². The number of hydrogen-bond acceptors (Lipinski definition) is 7. The fraction of sp³-hybridized carbons (Fsp3) is 0.250. The van der Waals surface area contributed by atoms with Crippen LogP contribution in [0.2, 0.25) is 10.0 Å². The summed E-state index contributed by atoms with van der Waals surface area (Å²) in [5.41, 5.74) is 3.94. The SMILES string of the molecule is CCOc1cc(C2C3=CCC4C(=O)N(c5ccc(Cl)cc5)C(=O)C4C3CC3C(=O)N(Nc4ccc(F)cc4)C(=O)C32c2ccc(Cl)cc2)ccc1O. The molecule has 6 atom stereocenters. The minimum absolute atomic E-state index is 0.0855. The fourth-order valence-electron chi connectivity index (χ4n) is 8.86. The normalized spacial score (nSPS) is 26.5. The third kappa shape index (κ3) is 5.10. The van der Waals surface area contributed by atoms with Crippen LogP contribution in [0.15, 0.2) is 103 Å². The van der Waals surface area contributed by atoms with Gasteiger partial charge in [0.05, 0.1) is 41.2 Å². The second-order valence-electron chi connectivity index (χ2n) is 13.5. The van der Waals surface area contributed by atoms with Crippen molar-refractivity contribution in [2.45, 2.75) is 31.1 Å². The van der Waals surface area contributed by atoms with Crippen LogP contribution in [0.25, 0.3) is 0 Å². The molecule has 8 rings (SSSR count). The zero-order valence-corrected chi connectivity index (χ0v) is 29.3. The maximum Gasteiger partial charge on any atom is 0.260 e. The number of halogens is 3. The molecule has 0 aromatic heterocycles. The number of rotatable bonds is 7. The van der Waals surface area contributed by atoms with E-state index in [2.05, 4.69) is 5.43 Å². The lowest BCUT2D eigenvalue weighted by Gasteiger charge is -2.50. The second kappa shape index (κ2) is 12.8. The quantitative estimate of drug-likeness (QED) is 0.150. The van der Waals surface area contributed by atoms with Gasteiger partial charge in [-0.05, 0) is 110 Å². The van der Waals surface area contributed by atoms with Crippen molar-refractivity contribution in [3.8, 4) is 11.5 Å². The highest BCUT2D eigenvalue weighted by Gasteiger charge is 2.70. The first-order valence-electron chi connectivity index (χ1n) is 17.0. The lowest BCUT2D eigenvalue weighted by atomic mass is 9.49. The summed E-state index contributed by atoms with van der Waals surface area (Å²) in [7, 11) is 0. The van der Waals surface area contributed by atoms with Gasteiger partial charge in [0.2, 0.25) is 11.8 Å². The van der Waals surface area contributed by atoms with Gasteiger partial charge in [-0.2, -0.15) is 5.01 Å². The highest BCUT2D eigenvalue weighted by atomic mass is 35.5. The maximum atomic E-state index is 15.3. The van der Waals surface area contributed by atoms with E-state index in [1.54, 1.807) is 67.6 Å². The number of hydrogen-bond donors (Lipinski definition) is 2. The summed E-state index contributed by atoms with van der Waals surface area (Å²) in [6.07, 6.45) is 2.27. The summed E-state index contributed by atoms with van der Waals surface area (Å²) in [6.45, 7) is 2.04. The van der Waals surface area contributed by atoms with E-state index in [0.29, 0.717) is 32.5 Å². The molecule has 2 aliphatic heterocycles. The van der Waals surface area contributed by atoms with Crippen LogP contribution in [0.3, 0.4) is 0 Å². The van der Waals surface area contributed by atoms with Crippen LogP contribution >= 0.6 is 23.2 Å². The number of phenolic OH excluding ortho intramolecular Hbond substituents is 1. The molecule has 4 amide bonds. The summed E-state index contributed by atoms with van der Waals surface area (Å²) in [5, 5.41) is 12.6. The molecular formula is C40H32Cl2FN3O6. The van der Waals surface area contributed by atoms with Crippen molar-refractivity contribution in [3.05, 3.63) is 130 Å². The van der Waals surface area contributed by atoms with Crippen LogP contribution in [0, 0.1) is 29.5 Å². The van der Waals surface area contributed by atoms with E-state index < -0.39 is 52.6 Å². The molecule has 1 saturated carbocycles. The van der Waals surface area contributed by atoms with Gasteiger partial charge in [0.1, 0.15) is 5.82 Å². The molecule has 0 spiro atoms. The van der Waals surface area contributed by atoms with E-state index in [4.69, 9.17) is 27.9 Å². The summed E-state index contributed by atoms with van der Waals surface area (Å²) in [6, 6.07) is 23.4. The average Bonchev–Trinajstić information content (AvgIpc) is 3.51. The molecule has 0 bridgehead atoms. The summed E-state index contributed by atoms with van der Waals surface area (Å²) in [4.78, 5) is 59.7. The Morgan fingerprint density at radius 3 is 2.21 bits per heavy atom. The molecule has 4 aromatic carbocycles. The van der Waals surface area contributed by atoms with Gasteiger partial charge in [-0.15, -0.1) is 0 Å². The van der Waals surface area contributed by atoms with Crippen LogP contribution in [0.5, 0.6) is 11.5 Å². The molecule has 0 radical (unpaired) electrons. The second-order valence-corrected chi connectivity index (χ2v) is 14.4. The van der Waals surface area contributed by atoms with Crippen molar-refractivity contribution in [1.29, 1.82) is 0 Å². The van der Waals surface area contributed by atoms with Crippen molar-refractivity contribution in [3.63, 3.8) is 0 Å². The topological polar surface area (TPSA) is 116 Å². The monoisotopic (exact) mass is 739 g/mol. The molecule has 9 nitrogen and oxygen atoms in total. The summed E-state index contributed by atoms with van der Waals surface area (Å²) in [5.74, 6) is -6.15. The third-order valence-corrected chi connectivity index (χ3v) is 11.5.